The standard InChI is InChI=1S/C14H13BrFNO3S/c1-20-11-4-5-13(17)14(7-11)21(18,19)8-9-2-3-10(15)6-12(9)16/h2-7H,8,17H2,1H3. The third-order valence-corrected chi connectivity index (χ3v) is 5.12. The third-order valence-electron chi connectivity index (χ3n) is 2.92. The van der Waals surface area contributed by atoms with Crippen molar-refractivity contribution in [2.45, 2.75) is 10.6 Å². The Labute approximate surface area is 130 Å². The zero-order chi connectivity index (χ0) is 15.6. The Morgan fingerprint density at radius 3 is 2.57 bits per heavy atom. The van der Waals surface area contributed by atoms with Crippen molar-refractivity contribution < 1.29 is 17.5 Å². The fourth-order valence-electron chi connectivity index (χ4n) is 1.83. The molecule has 0 amide bonds. The van der Waals surface area contributed by atoms with Crippen molar-refractivity contribution >= 4 is 31.5 Å². The van der Waals surface area contributed by atoms with Crippen LogP contribution in [-0.4, -0.2) is 15.5 Å². The van der Waals surface area contributed by atoms with E-state index in [-0.39, 0.29) is 16.1 Å². The molecular formula is C14H13BrFNO3S. The van der Waals surface area contributed by atoms with Crippen molar-refractivity contribution in [3.05, 3.63) is 52.3 Å². The second-order valence-corrected chi connectivity index (χ2v) is 7.27. The van der Waals surface area contributed by atoms with Crippen LogP contribution in [-0.2, 0) is 15.6 Å². The van der Waals surface area contributed by atoms with Crippen LogP contribution < -0.4 is 10.5 Å². The van der Waals surface area contributed by atoms with Gasteiger partial charge in [-0.3, -0.25) is 0 Å². The van der Waals surface area contributed by atoms with Crippen molar-refractivity contribution in [3.8, 4) is 5.75 Å². The van der Waals surface area contributed by atoms with Crippen LogP contribution in [0.25, 0.3) is 0 Å². The topological polar surface area (TPSA) is 69.4 Å². The number of hydrogen-bond donors (Lipinski definition) is 1. The zero-order valence-electron chi connectivity index (χ0n) is 11.1. The van der Waals surface area contributed by atoms with Crippen molar-refractivity contribution in [2.75, 3.05) is 12.8 Å². The van der Waals surface area contributed by atoms with Crippen LogP contribution in [0.2, 0.25) is 0 Å². The van der Waals surface area contributed by atoms with Crippen LogP contribution in [0.15, 0.2) is 45.8 Å². The van der Waals surface area contributed by atoms with Gasteiger partial charge in [0.25, 0.3) is 0 Å². The number of sulfone groups is 1. The van der Waals surface area contributed by atoms with Crippen molar-refractivity contribution in [1.29, 1.82) is 0 Å². The minimum absolute atomic E-state index is 0.0656. The predicted octanol–water partition coefficient (Wildman–Crippen LogP) is 3.15. The molecule has 21 heavy (non-hydrogen) atoms. The van der Waals surface area contributed by atoms with E-state index >= 15 is 0 Å². The van der Waals surface area contributed by atoms with E-state index < -0.39 is 21.4 Å². The Balaban J connectivity index is 2.43. The van der Waals surface area contributed by atoms with Crippen LogP contribution in [0.4, 0.5) is 10.1 Å². The molecule has 0 heterocycles. The van der Waals surface area contributed by atoms with Crippen LogP contribution in [0, 0.1) is 5.82 Å². The summed E-state index contributed by atoms with van der Waals surface area (Å²) in [5, 5.41) is 0. The average molecular weight is 374 g/mol. The molecule has 0 aromatic heterocycles. The molecule has 0 fully saturated rings. The fraction of sp³-hybridized carbons (Fsp3) is 0.143. The molecular weight excluding hydrogens is 361 g/mol. The number of anilines is 1. The first-order chi connectivity index (χ1) is 9.83. The van der Waals surface area contributed by atoms with E-state index in [0.717, 1.165) is 0 Å². The van der Waals surface area contributed by atoms with Crippen LogP contribution in [0.3, 0.4) is 0 Å². The summed E-state index contributed by atoms with van der Waals surface area (Å²) in [5.74, 6) is -0.683. The van der Waals surface area contributed by atoms with E-state index in [9.17, 15) is 12.8 Å². The number of methoxy groups -OCH3 is 1. The minimum Gasteiger partial charge on any atom is -0.497 e. The summed E-state index contributed by atoms with van der Waals surface area (Å²) in [6.45, 7) is 0. The highest BCUT2D eigenvalue weighted by Crippen LogP contribution is 2.28. The number of benzene rings is 2. The van der Waals surface area contributed by atoms with Gasteiger partial charge in [-0.05, 0) is 24.3 Å². The normalized spacial score (nSPS) is 11.4. The highest BCUT2D eigenvalue weighted by atomic mass is 79.9. The molecule has 0 radical (unpaired) electrons. The Bertz CT molecular complexity index is 778. The highest BCUT2D eigenvalue weighted by molar-refractivity contribution is 9.10. The maximum absolute atomic E-state index is 13.8. The van der Waals surface area contributed by atoms with E-state index in [4.69, 9.17) is 10.5 Å². The quantitative estimate of drug-likeness (QED) is 0.835. The molecule has 0 saturated heterocycles. The molecule has 0 aliphatic rings. The second kappa shape index (κ2) is 6.03. The number of ether oxygens (including phenoxy) is 1. The van der Waals surface area contributed by atoms with Gasteiger partial charge in [0.05, 0.1) is 23.4 Å². The van der Waals surface area contributed by atoms with Gasteiger partial charge in [0, 0.05) is 16.1 Å². The summed E-state index contributed by atoms with van der Waals surface area (Å²) in [7, 11) is -2.35. The maximum Gasteiger partial charge on any atom is 0.184 e. The lowest BCUT2D eigenvalue weighted by Crippen LogP contribution is -2.09. The fourth-order valence-corrected chi connectivity index (χ4v) is 3.69. The molecule has 0 aliphatic carbocycles. The Morgan fingerprint density at radius 2 is 1.95 bits per heavy atom. The molecule has 0 atom stereocenters. The third kappa shape index (κ3) is 3.54. The molecule has 2 rings (SSSR count). The predicted molar refractivity (Wildman–Crippen MR) is 82.4 cm³/mol. The summed E-state index contributed by atoms with van der Waals surface area (Å²) in [5.41, 5.74) is 5.90. The average Bonchev–Trinajstić information content (AvgIpc) is 2.42. The Morgan fingerprint density at radius 1 is 1.24 bits per heavy atom. The molecule has 112 valence electrons. The van der Waals surface area contributed by atoms with Gasteiger partial charge in [-0.25, -0.2) is 12.8 Å². The SMILES string of the molecule is COc1ccc(N)c(S(=O)(=O)Cc2ccc(Br)cc2F)c1. The van der Waals surface area contributed by atoms with Gasteiger partial charge in [0.1, 0.15) is 11.6 Å². The van der Waals surface area contributed by atoms with Crippen molar-refractivity contribution in [3.63, 3.8) is 0 Å². The maximum atomic E-state index is 13.8. The number of nitrogen functional groups attached to an aromatic ring is 1. The molecule has 2 N–H and O–H groups in total. The molecule has 0 unspecified atom stereocenters. The van der Waals surface area contributed by atoms with Crippen LogP contribution in [0.5, 0.6) is 5.75 Å². The van der Waals surface area contributed by atoms with Gasteiger partial charge in [-0.1, -0.05) is 22.0 Å². The summed E-state index contributed by atoms with van der Waals surface area (Å²) >= 11 is 3.13. The molecule has 0 spiro atoms. The van der Waals surface area contributed by atoms with Crippen molar-refractivity contribution in [2.24, 2.45) is 0 Å². The van der Waals surface area contributed by atoms with E-state index in [1.54, 1.807) is 12.1 Å². The zero-order valence-corrected chi connectivity index (χ0v) is 13.5. The molecule has 7 heteroatoms. The van der Waals surface area contributed by atoms with Gasteiger partial charge < -0.3 is 10.5 Å². The van der Waals surface area contributed by atoms with Crippen molar-refractivity contribution in [1.82, 2.24) is 0 Å². The smallest absolute Gasteiger partial charge is 0.184 e. The van der Waals surface area contributed by atoms with E-state index in [0.29, 0.717) is 10.2 Å². The van der Waals surface area contributed by atoms with E-state index in [1.165, 1.54) is 31.4 Å². The van der Waals surface area contributed by atoms with Gasteiger partial charge in [0.15, 0.2) is 9.84 Å². The first kappa shape index (κ1) is 15.8. The van der Waals surface area contributed by atoms with Crippen LogP contribution in [0.1, 0.15) is 5.56 Å². The summed E-state index contributed by atoms with van der Waals surface area (Å²) in [6.07, 6.45) is 0. The molecule has 0 bridgehead atoms. The second-order valence-electron chi connectivity index (χ2n) is 4.40. The number of rotatable bonds is 4. The summed E-state index contributed by atoms with van der Waals surface area (Å²) in [6, 6.07) is 8.58. The molecule has 4 nitrogen and oxygen atoms in total. The molecule has 0 saturated carbocycles. The number of hydrogen-bond acceptors (Lipinski definition) is 4. The monoisotopic (exact) mass is 373 g/mol. The van der Waals surface area contributed by atoms with E-state index in [2.05, 4.69) is 15.9 Å². The minimum atomic E-state index is -3.77. The summed E-state index contributed by atoms with van der Waals surface area (Å²) in [4.78, 5) is -0.0656. The van der Waals surface area contributed by atoms with Crippen LogP contribution >= 0.6 is 15.9 Å². The lowest BCUT2D eigenvalue weighted by atomic mass is 10.2. The molecule has 2 aromatic rings. The van der Waals surface area contributed by atoms with Gasteiger partial charge in [-0.2, -0.15) is 0 Å². The Kier molecular flexibility index (Phi) is 4.53. The Hall–Kier alpha value is -1.60. The summed E-state index contributed by atoms with van der Waals surface area (Å²) < 4.78 is 44.2. The van der Waals surface area contributed by atoms with Gasteiger partial charge in [-0.15, -0.1) is 0 Å². The molecule has 2 aromatic carbocycles. The number of halogens is 2. The highest BCUT2D eigenvalue weighted by Gasteiger charge is 2.21. The van der Waals surface area contributed by atoms with Gasteiger partial charge >= 0.3 is 0 Å². The lowest BCUT2D eigenvalue weighted by molar-refractivity contribution is 0.413. The first-order valence-electron chi connectivity index (χ1n) is 5.93. The number of nitrogens with two attached hydrogens (primary N) is 1. The first-order valence-corrected chi connectivity index (χ1v) is 8.38. The molecule has 0 aliphatic heterocycles. The van der Waals surface area contributed by atoms with E-state index in [1.807, 2.05) is 0 Å². The lowest BCUT2D eigenvalue weighted by Gasteiger charge is -2.10. The largest absolute Gasteiger partial charge is 0.497 e. The van der Waals surface area contributed by atoms with Gasteiger partial charge in [0.2, 0.25) is 0 Å².